The third kappa shape index (κ3) is 4.74. The Kier molecular flexibility index (Phi) is 5.46. The van der Waals surface area contributed by atoms with Gasteiger partial charge in [0.25, 0.3) is 11.6 Å². The van der Waals surface area contributed by atoms with Crippen molar-refractivity contribution >= 4 is 17.6 Å². The van der Waals surface area contributed by atoms with Gasteiger partial charge in [-0.05, 0) is 13.0 Å². The molecule has 0 unspecified atom stereocenters. The number of nitro groups is 1. The Hall–Kier alpha value is -2.44. The number of ether oxygens (including phenoxy) is 1. The molecule has 0 aliphatic heterocycles. The summed E-state index contributed by atoms with van der Waals surface area (Å²) >= 11 is 0. The van der Waals surface area contributed by atoms with E-state index in [0.29, 0.717) is 0 Å². The fourth-order valence-electron chi connectivity index (χ4n) is 1.37. The lowest BCUT2D eigenvalue weighted by molar-refractivity contribution is -0.384. The highest BCUT2D eigenvalue weighted by atomic mass is 16.6. The number of hydrogen-bond acceptors (Lipinski definition) is 5. The predicted octanol–water partition coefficient (Wildman–Crippen LogP) is 1.28. The first-order chi connectivity index (χ1) is 9.04. The van der Waals surface area contributed by atoms with Crippen molar-refractivity contribution in [2.45, 2.75) is 13.3 Å². The molecule has 102 valence electrons. The van der Waals surface area contributed by atoms with Crippen molar-refractivity contribution < 1.29 is 19.2 Å². The minimum atomic E-state index is -0.574. The number of esters is 1. The molecule has 1 amide bonds. The van der Waals surface area contributed by atoms with E-state index in [0.717, 1.165) is 0 Å². The molecule has 0 fully saturated rings. The maximum Gasteiger partial charge on any atom is 0.307 e. The maximum absolute atomic E-state index is 11.7. The van der Waals surface area contributed by atoms with Crippen LogP contribution in [0.5, 0.6) is 0 Å². The summed E-state index contributed by atoms with van der Waals surface area (Å²) in [5.74, 6) is -0.866. The lowest BCUT2D eigenvalue weighted by atomic mass is 10.2. The molecule has 0 spiro atoms. The third-order valence-corrected chi connectivity index (χ3v) is 2.24. The van der Waals surface area contributed by atoms with Crippen LogP contribution < -0.4 is 5.32 Å². The number of amides is 1. The molecule has 0 radical (unpaired) electrons. The topological polar surface area (TPSA) is 98.5 Å². The quantitative estimate of drug-likeness (QED) is 0.475. The number of nitro benzene ring substituents is 1. The average Bonchev–Trinajstić information content (AvgIpc) is 2.39. The molecule has 0 bridgehead atoms. The van der Waals surface area contributed by atoms with Gasteiger partial charge in [0, 0.05) is 24.2 Å². The van der Waals surface area contributed by atoms with E-state index >= 15 is 0 Å². The SMILES string of the molecule is CCOC(=O)CCNC(=O)c1cccc([N+](=O)[O-])c1. The predicted molar refractivity (Wildman–Crippen MR) is 66.7 cm³/mol. The van der Waals surface area contributed by atoms with E-state index in [2.05, 4.69) is 5.32 Å². The second-order valence-electron chi connectivity index (χ2n) is 3.62. The molecule has 7 nitrogen and oxygen atoms in total. The lowest BCUT2D eigenvalue weighted by Crippen LogP contribution is -2.26. The number of non-ortho nitro benzene ring substituents is 1. The molecule has 0 heterocycles. The third-order valence-electron chi connectivity index (χ3n) is 2.24. The molecule has 1 rings (SSSR count). The van der Waals surface area contributed by atoms with Gasteiger partial charge in [-0.1, -0.05) is 6.07 Å². The van der Waals surface area contributed by atoms with Gasteiger partial charge in [-0.15, -0.1) is 0 Å². The number of hydrogen-bond donors (Lipinski definition) is 1. The van der Waals surface area contributed by atoms with Crippen LogP contribution in [0.25, 0.3) is 0 Å². The van der Waals surface area contributed by atoms with Gasteiger partial charge in [-0.25, -0.2) is 0 Å². The minimum Gasteiger partial charge on any atom is -0.466 e. The van der Waals surface area contributed by atoms with Gasteiger partial charge in [0.2, 0.25) is 0 Å². The van der Waals surface area contributed by atoms with Gasteiger partial charge in [0.15, 0.2) is 0 Å². The summed E-state index contributed by atoms with van der Waals surface area (Å²) in [5.41, 5.74) is 0.0242. The second kappa shape index (κ2) is 7.10. The van der Waals surface area contributed by atoms with Gasteiger partial charge in [-0.3, -0.25) is 19.7 Å². The first-order valence-electron chi connectivity index (χ1n) is 5.73. The van der Waals surface area contributed by atoms with Gasteiger partial charge in [0.05, 0.1) is 18.0 Å². The van der Waals surface area contributed by atoms with E-state index < -0.39 is 16.8 Å². The number of benzene rings is 1. The molecule has 7 heteroatoms. The molecular weight excluding hydrogens is 252 g/mol. The summed E-state index contributed by atoms with van der Waals surface area (Å²) in [4.78, 5) is 32.7. The zero-order valence-electron chi connectivity index (χ0n) is 10.4. The number of carbonyl (C=O) groups is 2. The van der Waals surface area contributed by atoms with E-state index in [4.69, 9.17) is 4.74 Å². The largest absolute Gasteiger partial charge is 0.466 e. The fraction of sp³-hybridized carbons (Fsp3) is 0.333. The Bertz CT molecular complexity index is 487. The monoisotopic (exact) mass is 266 g/mol. The first kappa shape index (κ1) is 14.6. The summed E-state index contributed by atoms with van der Waals surface area (Å²) in [6, 6.07) is 5.38. The molecule has 1 aromatic carbocycles. The number of rotatable bonds is 6. The van der Waals surface area contributed by atoms with Crippen molar-refractivity contribution in [2.24, 2.45) is 0 Å². The standard InChI is InChI=1S/C12H14N2O5/c1-2-19-11(15)6-7-13-12(16)9-4-3-5-10(8-9)14(17)18/h3-5,8H,2,6-7H2,1H3,(H,13,16). The van der Waals surface area contributed by atoms with Crippen LogP contribution in [0.3, 0.4) is 0 Å². The summed E-state index contributed by atoms with van der Waals surface area (Å²) in [5, 5.41) is 13.1. The smallest absolute Gasteiger partial charge is 0.307 e. The lowest BCUT2D eigenvalue weighted by Gasteiger charge is -2.05. The van der Waals surface area contributed by atoms with Gasteiger partial charge < -0.3 is 10.1 Å². The Balaban J connectivity index is 2.52. The summed E-state index contributed by atoms with van der Waals surface area (Å²) in [7, 11) is 0. The highest BCUT2D eigenvalue weighted by molar-refractivity contribution is 5.94. The fourth-order valence-corrected chi connectivity index (χ4v) is 1.37. The summed E-state index contributed by atoms with van der Waals surface area (Å²) in [6.07, 6.45) is 0.0640. The van der Waals surface area contributed by atoms with E-state index in [1.165, 1.54) is 24.3 Å². The van der Waals surface area contributed by atoms with E-state index in [1.807, 2.05) is 0 Å². The van der Waals surface area contributed by atoms with E-state index in [1.54, 1.807) is 6.92 Å². The molecule has 19 heavy (non-hydrogen) atoms. The maximum atomic E-state index is 11.7. The molecule has 0 atom stereocenters. The van der Waals surface area contributed by atoms with Gasteiger partial charge >= 0.3 is 5.97 Å². The average molecular weight is 266 g/mol. The van der Waals surface area contributed by atoms with Crippen LogP contribution in [-0.4, -0.2) is 30.0 Å². The number of carbonyl (C=O) groups excluding carboxylic acids is 2. The highest BCUT2D eigenvalue weighted by Crippen LogP contribution is 2.12. The zero-order valence-corrected chi connectivity index (χ0v) is 10.4. The van der Waals surface area contributed by atoms with Crippen LogP contribution in [0.4, 0.5) is 5.69 Å². The minimum absolute atomic E-state index is 0.0640. The van der Waals surface area contributed by atoms with Crippen molar-refractivity contribution in [3.05, 3.63) is 39.9 Å². The highest BCUT2D eigenvalue weighted by Gasteiger charge is 2.11. The van der Waals surface area contributed by atoms with Gasteiger partial charge in [-0.2, -0.15) is 0 Å². The molecule has 0 saturated carbocycles. The van der Waals surface area contributed by atoms with Crippen LogP contribution in [0.2, 0.25) is 0 Å². The second-order valence-corrected chi connectivity index (χ2v) is 3.62. The molecule has 0 aliphatic carbocycles. The normalized spacial score (nSPS) is 9.74. The van der Waals surface area contributed by atoms with Crippen molar-refractivity contribution in [3.63, 3.8) is 0 Å². The van der Waals surface area contributed by atoms with Crippen LogP contribution in [0, 0.1) is 10.1 Å². The molecule has 1 N–H and O–H groups in total. The number of nitrogens with zero attached hydrogens (tertiary/aromatic N) is 1. The molecule has 0 saturated heterocycles. The Morgan fingerprint density at radius 2 is 2.16 bits per heavy atom. The molecule has 0 aromatic heterocycles. The van der Waals surface area contributed by atoms with E-state index in [-0.39, 0.29) is 30.8 Å². The van der Waals surface area contributed by atoms with Crippen molar-refractivity contribution in [1.82, 2.24) is 5.32 Å². The molecular formula is C12H14N2O5. The van der Waals surface area contributed by atoms with Crippen LogP contribution >= 0.6 is 0 Å². The Morgan fingerprint density at radius 1 is 1.42 bits per heavy atom. The van der Waals surface area contributed by atoms with Crippen molar-refractivity contribution in [1.29, 1.82) is 0 Å². The Morgan fingerprint density at radius 3 is 2.79 bits per heavy atom. The zero-order chi connectivity index (χ0) is 14.3. The number of nitrogens with one attached hydrogen (secondary N) is 1. The van der Waals surface area contributed by atoms with Crippen molar-refractivity contribution in [3.8, 4) is 0 Å². The van der Waals surface area contributed by atoms with Crippen LogP contribution in [0.15, 0.2) is 24.3 Å². The first-order valence-corrected chi connectivity index (χ1v) is 5.73. The van der Waals surface area contributed by atoms with Crippen molar-refractivity contribution in [2.75, 3.05) is 13.2 Å². The van der Waals surface area contributed by atoms with E-state index in [9.17, 15) is 19.7 Å². The summed E-state index contributed by atoms with van der Waals surface area (Å²) < 4.78 is 4.70. The molecule has 1 aromatic rings. The summed E-state index contributed by atoms with van der Waals surface area (Å²) in [6.45, 7) is 2.11. The Labute approximate surface area is 109 Å². The molecule has 0 aliphatic rings. The van der Waals surface area contributed by atoms with Gasteiger partial charge in [0.1, 0.15) is 0 Å². The van der Waals surface area contributed by atoms with Crippen LogP contribution in [0.1, 0.15) is 23.7 Å². The van der Waals surface area contributed by atoms with Crippen LogP contribution in [-0.2, 0) is 9.53 Å².